The standard InChI is InChI=1S/C19H24O3Si/c1-4-20-23(21-5-2,22-6-3)19-17-13-9-7-11-15(17)16-12-8-10-14-18(16)19/h7-14,19H,4-6H2,1-3H3. The van der Waals surface area contributed by atoms with Gasteiger partial charge in [0.05, 0.1) is 5.54 Å². The van der Waals surface area contributed by atoms with E-state index in [-0.39, 0.29) is 5.54 Å². The third kappa shape index (κ3) is 2.76. The van der Waals surface area contributed by atoms with Crippen LogP contribution < -0.4 is 0 Å². The first-order valence-electron chi connectivity index (χ1n) is 8.37. The van der Waals surface area contributed by atoms with Crippen LogP contribution in [-0.2, 0) is 13.3 Å². The van der Waals surface area contributed by atoms with Gasteiger partial charge in [-0.15, -0.1) is 0 Å². The second kappa shape index (κ2) is 6.97. The molecule has 0 aromatic heterocycles. The highest BCUT2D eigenvalue weighted by atomic mass is 28.4. The molecule has 0 bridgehead atoms. The van der Waals surface area contributed by atoms with Crippen LogP contribution in [-0.4, -0.2) is 28.6 Å². The molecule has 2 aromatic carbocycles. The third-order valence-electron chi connectivity index (χ3n) is 4.22. The average Bonchev–Trinajstić information content (AvgIpc) is 2.90. The van der Waals surface area contributed by atoms with Gasteiger partial charge in [0.2, 0.25) is 0 Å². The van der Waals surface area contributed by atoms with Crippen LogP contribution in [0.1, 0.15) is 37.4 Å². The van der Waals surface area contributed by atoms with Gasteiger partial charge in [-0.2, -0.15) is 0 Å². The van der Waals surface area contributed by atoms with E-state index in [1.165, 1.54) is 22.3 Å². The van der Waals surface area contributed by atoms with Crippen molar-refractivity contribution in [1.29, 1.82) is 0 Å². The molecule has 3 nitrogen and oxygen atoms in total. The van der Waals surface area contributed by atoms with E-state index in [0.717, 1.165) is 0 Å². The summed E-state index contributed by atoms with van der Waals surface area (Å²) in [6.07, 6.45) is 0. The molecular weight excluding hydrogens is 304 g/mol. The van der Waals surface area contributed by atoms with E-state index in [2.05, 4.69) is 48.5 Å². The molecule has 23 heavy (non-hydrogen) atoms. The van der Waals surface area contributed by atoms with Gasteiger partial charge in [-0.1, -0.05) is 48.5 Å². The topological polar surface area (TPSA) is 27.7 Å². The van der Waals surface area contributed by atoms with Crippen molar-refractivity contribution < 1.29 is 13.3 Å². The maximum atomic E-state index is 6.20. The van der Waals surface area contributed by atoms with Crippen molar-refractivity contribution in [3.05, 3.63) is 59.7 Å². The van der Waals surface area contributed by atoms with Gasteiger partial charge in [0, 0.05) is 19.8 Å². The number of benzene rings is 2. The Morgan fingerprint density at radius 2 is 1.09 bits per heavy atom. The van der Waals surface area contributed by atoms with E-state index in [0.29, 0.717) is 19.8 Å². The Bertz CT molecular complexity index is 609. The van der Waals surface area contributed by atoms with Crippen LogP contribution in [0.2, 0.25) is 0 Å². The van der Waals surface area contributed by atoms with E-state index >= 15 is 0 Å². The Hall–Kier alpha value is -1.46. The molecule has 4 heteroatoms. The molecule has 1 aliphatic rings. The number of fused-ring (bicyclic) bond motifs is 3. The molecule has 0 saturated carbocycles. The zero-order chi connectivity index (χ0) is 16.3. The van der Waals surface area contributed by atoms with Crippen molar-refractivity contribution in [3.8, 4) is 11.1 Å². The highest BCUT2D eigenvalue weighted by molar-refractivity contribution is 6.63. The lowest BCUT2D eigenvalue weighted by molar-refractivity contribution is 0.0657. The maximum absolute atomic E-state index is 6.20. The summed E-state index contributed by atoms with van der Waals surface area (Å²) in [6, 6.07) is 17.1. The molecule has 0 fully saturated rings. The molecule has 2 aromatic rings. The third-order valence-corrected chi connectivity index (χ3v) is 7.63. The zero-order valence-electron chi connectivity index (χ0n) is 14.0. The molecule has 0 atom stereocenters. The lowest BCUT2D eigenvalue weighted by atomic mass is 10.1. The van der Waals surface area contributed by atoms with Gasteiger partial charge >= 0.3 is 8.80 Å². The maximum Gasteiger partial charge on any atom is 0.513 e. The molecule has 122 valence electrons. The van der Waals surface area contributed by atoms with Crippen molar-refractivity contribution in [2.45, 2.75) is 26.3 Å². The number of rotatable bonds is 7. The summed E-state index contributed by atoms with van der Waals surface area (Å²) in [5, 5.41) is 0. The van der Waals surface area contributed by atoms with Crippen molar-refractivity contribution in [3.63, 3.8) is 0 Å². The van der Waals surface area contributed by atoms with Gasteiger partial charge in [0.1, 0.15) is 0 Å². The summed E-state index contributed by atoms with van der Waals surface area (Å²) < 4.78 is 18.6. The zero-order valence-corrected chi connectivity index (χ0v) is 15.0. The van der Waals surface area contributed by atoms with Crippen molar-refractivity contribution >= 4 is 8.80 Å². The van der Waals surface area contributed by atoms with Gasteiger partial charge in [-0.05, 0) is 43.0 Å². The van der Waals surface area contributed by atoms with Crippen LogP contribution >= 0.6 is 0 Å². The van der Waals surface area contributed by atoms with Crippen LogP contribution in [0.4, 0.5) is 0 Å². The first-order chi connectivity index (χ1) is 11.3. The lowest BCUT2D eigenvalue weighted by Gasteiger charge is -2.34. The van der Waals surface area contributed by atoms with Crippen LogP contribution in [0, 0.1) is 0 Å². The second-order valence-electron chi connectivity index (χ2n) is 5.51. The summed E-state index contributed by atoms with van der Waals surface area (Å²) in [5.41, 5.74) is 5.11. The molecule has 0 unspecified atom stereocenters. The Labute approximate surface area is 139 Å². The van der Waals surface area contributed by atoms with E-state index in [1.54, 1.807) is 0 Å². The van der Waals surface area contributed by atoms with Gasteiger partial charge in [0.15, 0.2) is 0 Å². The summed E-state index contributed by atoms with van der Waals surface area (Å²) in [5.74, 6) is 0. The largest absolute Gasteiger partial charge is 0.513 e. The quantitative estimate of drug-likeness (QED) is 0.706. The Kier molecular flexibility index (Phi) is 4.97. The predicted octanol–water partition coefficient (Wildman–Crippen LogP) is 4.39. The minimum absolute atomic E-state index is 0.0507. The van der Waals surface area contributed by atoms with Crippen molar-refractivity contribution in [1.82, 2.24) is 0 Å². The summed E-state index contributed by atoms with van der Waals surface area (Å²) in [7, 11) is -2.86. The highest BCUT2D eigenvalue weighted by Gasteiger charge is 2.54. The van der Waals surface area contributed by atoms with Gasteiger partial charge in [-0.3, -0.25) is 0 Å². The van der Waals surface area contributed by atoms with E-state index in [4.69, 9.17) is 13.3 Å². The minimum atomic E-state index is -2.86. The molecule has 0 spiro atoms. The van der Waals surface area contributed by atoms with Gasteiger partial charge < -0.3 is 13.3 Å². The highest BCUT2D eigenvalue weighted by Crippen LogP contribution is 2.49. The monoisotopic (exact) mass is 328 g/mol. The van der Waals surface area contributed by atoms with Crippen molar-refractivity contribution in [2.24, 2.45) is 0 Å². The molecule has 0 amide bonds. The van der Waals surface area contributed by atoms with Crippen LogP contribution in [0.5, 0.6) is 0 Å². The molecule has 0 aliphatic heterocycles. The Morgan fingerprint density at radius 3 is 1.48 bits per heavy atom. The molecule has 0 saturated heterocycles. The van der Waals surface area contributed by atoms with Crippen molar-refractivity contribution in [2.75, 3.05) is 19.8 Å². The smallest absolute Gasteiger partial charge is 0.373 e. The Morgan fingerprint density at radius 1 is 0.696 bits per heavy atom. The van der Waals surface area contributed by atoms with Crippen LogP contribution in [0.3, 0.4) is 0 Å². The fourth-order valence-electron chi connectivity index (χ4n) is 3.52. The fraction of sp³-hybridized carbons (Fsp3) is 0.368. The normalized spacial score (nSPS) is 13.9. The summed E-state index contributed by atoms with van der Waals surface area (Å²) in [4.78, 5) is 0. The van der Waals surface area contributed by atoms with Crippen LogP contribution in [0.15, 0.2) is 48.5 Å². The molecule has 0 N–H and O–H groups in total. The molecular formula is C19H24O3Si. The Balaban J connectivity index is 2.19. The summed E-state index contributed by atoms with van der Waals surface area (Å²) >= 11 is 0. The van der Waals surface area contributed by atoms with E-state index < -0.39 is 8.80 Å². The molecule has 1 aliphatic carbocycles. The number of hydrogen-bond acceptors (Lipinski definition) is 3. The molecule has 3 rings (SSSR count). The fourth-order valence-corrected chi connectivity index (χ4v) is 6.74. The van der Waals surface area contributed by atoms with E-state index in [9.17, 15) is 0 Å². The first-order valence-corrected chi connectivity index (χ1v) is 10.2. The van der Waals surface area contributed by atoms with Crippen LogP contribution in [0.25, 0.3) is 11.1 Å². The average molecular weight is 328 g/mol. The number of hydrogen-bond donors (Lipinski definition) is 0. The van der Waals surface area contributed by atoms with E-state index in [1.807, 2.05) is 20.8 Å². The first kappa shape index (κ1) is 16.4. The summed E-state index contributed by atoms with van der Waals surface area (Å²) in [6.45, 7) is 7.79. The lowest BCUT2D eigenvalue weighted by Crippen LogP contribution is -2.51. The second-order valence-corrected chi connectivity index (χ2v) is 8.16. The SMILES string of the molecule is CCO[Si](OCC)(OCC)C1c2ccccc2-c2ccccc21. The molecule has 0 heterocycles. The van der Waals surface area contributed by atoms with Gasteiger partial charge in [-0.25, -0.2) is 0 Å². The minimum Gasteiger partial charge on any atom is -0.373 e. The predicted molar refractivity (Wildman–Crippen MR) is 94.4 cm³/mol. The molecule has 0 radical (unpaired) electrons. The van der Waals surface area contributed by atoms with Gasteiger partial charge in [0.25, 0.3) is 0 Å².